The number of rotatable bonds is 4. The van der Waals surface area contributed by atoms with Gasteiger partial charge in [0.15, 0.2) is 0 Å². The van der Waals surface area contributed by atoms with E-state index in [-0.39, 0.29) is 11.9 Å². The third kappa shape index (κ3) is 3.03. The van der Waals surface area contributed by atoms with E-state index in [1.165, 1.54) is 7.11 Å². The summed E-state index contributed by atoms with van der Waals surface area (Å²) in [5, 5.41) is 2.86. The topological polar surface area (TPSA) is 51.2 Å². The van der Waals surface area contributed by atoms with Gasteiger partial charge in [-0.1, -0.05) is 6.07 Å². The molecule has 0 fully saturated rings. The number of hydrogen-bond donors (Lipinski definition) is 1. The molecule has 0 aromatic carbocycles. The lowest BCUT2D eigenvalue weighted by molar-refractivity contribution is -0.140. The Kier molecular flexibility index (Phi) is 4.01. The molecular weight excluding hydrogens is 204 g/mol. The smallest absolute Gasteiger partial charge is 0.252 e. The number of nitrogens with zero attached hydrogens (tertiary/aromatic N) is 1. The summed E-state index contributed by atoms with van der Waals surface area (Å²) < 4.78 is 5.10. The van der Waals surface area contributed by atoms with Gasteiger partial charge in [0.25, 0.3) is 5.91 Å². The molecule has 1 aromatic heterocycles. The SMILES string of the molecule is COC(C)(C)C(=O)N[C@H](C)c1ccccn1. The van der Waals surface area contributed by atoms with E-state index < -0.39 is 5.60 Å². The molecule has 1 atom stereocenters. The van der Waals surface area contributed by atoms with Crippen molar-refractivity contribution in [3.8, 4) is 0 Å². The fraction of sp³-hybridized carbons (Fsp3) is 0.500. The Morgan fingerprint density at radius 1 is 1.50 bits per heavy atom. The zero-order chi connectivity index (χ0) is 12.2. The predicted molar refractivity (Wildman–Crippen MR) is 61.9 cm³/mol. The van der Waals surface area contributed by atoms with Crippen molar-refractivity contribution in [2.75, 3.05) is 7.11 Å². The van der Waals surface area contributed by atoms with Crippen LogP contribution in [0, 0.1) is 0 Å². The second-order valence-electron chi connectivity index (χ2n) is 4.16. The minimum absolute atomic E-state index is 0.122. The van der Waals surface area contributed by atoms with Gasteiger partial charge < -0.3 is 10.1 Å². The Labute approximate surface area is 96.0 Å². The average molecular weight is 222 g/mol. The standard InChI is InChI=1S/C12H18N2O2/c1-9(10-7-5-6-8-13-10)14-11(15)12(2,3)16-4/h5-9H,1-4H3,(H,14,15)/t9-/m1/s1. The third-order valence-electron chi connectivity index (χ3n) is 2.54. The molecule has 0 unspecified atom stereocenters. The molecule has 4 heteroatoms. The van der Waals surface area contributed by atoms with Crippen molar-refractivity contribution < 1.29 is 9.53 Å². The van der Waals surface area contributed by atoms with Crippen molar-refractivity contribution in [1.29, 1.82) is 0 Å². The van der Waals surface area contributed by atoms with Gasteiger partial charge in [-0.25, -0.2) is 0 Å². The van der Waals surface area contributed by atoms with Gasteiger partial charge in [-0.3, -0.25) is 9.78 Å². The molecule has 1 aromatic rings. The van der Waals surface area contributed by atoms with Crippen molar-refractivity contribution >= 4 is 5.91 Å². The number of ether oxygens (including phenoxy) is 1. The molecular formula is C12H18N2O2. The van der Waals surface area contributed by atoms with Crippen LogP contribution in [0.25, 0.3) is 0 Å². The number of carbonyl (C=O) groups is 1. The Hall–Kier alpha value is -1.42. The van der Waals surface area contributed by atoms with E-state index in [1.807, 2.05) is 25.1 Å². The van der Waals surface area contributed by atoms with Crippen molar-refractivity contribution in [2.24, 2.45) is 0 Å². The van der Waals surface area contributed by atoms with Crippen molar-refractivity contribution in [3.05, 3.63) is 30.1 Å². The fourth-order valence-electron chi connectivity index (χ4n) is 1.17. The van der Waals surface area contributed by atoms with E-state index in [1.54, 1.807) is 20.0 Å². The lowest BCUT2D eigenvalue weighted by atomic mass is 10.1. The minimum Gasteiger partial charge on any atom is -0.369 e. The highest BCUT2D eigenvalue weighted by Gasteiger charge is 2.28. The zero-order valence-corrected chi connectivity index (χ0v) is 10.2. The van der Waals surface area contributed by atoms with E-state index >= 15 is 0 Å². The fourth-order valence-corrected chi connectivity index (χ4v) is 1.17. The summed E-state index contributed by atoms with van der Waals surface area (Å²) in [7, 11) is 1.52. The Morgan fingerprint density at radius 2 is 2.19 bits per heavy atom. The van der Waals surface area contributed by atoms with Gasteiger partial charge in [0.05, 0.1) is 11.7 Å². The van der Waals surface area contributed by atoms with E-state index in [2.05, 4.69) is 10.3 Å². The Morgan fingerprint density at radius 3 is 2.69 bits per heavy atom. The van der Waals surface area contributed by atoms with Gasteiger partial charge in [0.1, 0.15) is 5.60 Å². The molecule has 1 N–H and O–H groups in total. The first kappa shape index (κ1) is 12.6. The zero-order valence-electron chi connectivity index (χ0n) is 10.2. The number of carbonyl (C=O) groups excluding carboxylic acids is 1. The van der Waals surface area contributed by atoms with Crippen LogP contribution < -0.4 is 5.32 Å². The van der Waals surface area contributed by atoms with Gasteiger partial charge >= 0.3 is 0 Å². The van der Waals surface area contributed by atoms with Gasteiger partial charge in [0.2, 0.25) is 0 Å². The average Bonchev–Trinajstić information content (AvgIpc) is 2.30. The number of pyridine rings is 1. The molecule has 0 aliphatic rings. The van der Waals surface area contributed by atoms with Crippen LogP contribution in [-0.2, 0) is 9.53 Å². The van der Waals surface area contributed by atoms with Gasteiger partial charge in [0, 0.05) is 13.3 Å². The maximum atomic E-state index is 11.8. The van der Waals surface area contributed by atoms with Crippen LogP contribution in [0.15, 0.2) is 24.4 Å². The van der Waals surface area contributed by atoms with Gasteiger partial charge in [-0.05, 0) is 32.9 Å². The second-order valence-corrected chi connectivity index (χ2v) is 4.16. The summed E-state index contributed by atoms with van der Waals surface area (Å²) in [5.74, 6) is -0.145. The Bertz CT molecular complexity index is 349. The van der Waals surface area contributed by atoms with Crippen LogP contribution in [0.3, 0.4) is 0 Å². The van der Waals surface area contributed by atoms with Crippen LogP contribution in [0.2, 0.25) is 0 Å². The van der Waals surface area contributed by atoms with Gasteiger partial charge in [-0.2, -0.15) is 0 Å². The number of hydrogen-bond acceptors (Lipinski definition) is 3. The highest BCUT2D eigenvalue weighted by molar-refractivity contribution is 5.84. The highest BCUT2D eigenvalue weighted by Crippen LogP contribution is 2.12. The van der Waals surface area contributed by atoms with Crippen LogP contribution in [-0.4, -0.2) is 23.6 Å². The van der Waals surface area contributed by atoms with Crippen LogP contribution >= 0.6 is 0 Å². The molecule has 0 aliphatic carbocycles. The van der Waals surface area contributed by atoms with E-state index in [4.69, 9.17) is 4.74 Å². The molecule has 1 heterocycles. The minimum atomic E-state index is -0.816. The molecule has 88 valence electrons. The first-order valence-electron chi connectivity index (χ1n) is 5.24. The molecule has 0 radical (unpaired) electrons. The molecule has 4 nitrogen and oxygen atoms in total. The predicted octanol–water partition coefficient (Wildman–Crippen LogP) is 1.68. The third-order valence-corrected chi connectivity index (χ3v) is 2.54. The lowest BCUT2D eigenvalue weighted by Gasteiger charge is -2.24. The number of aromatic nitrogens is 1. The molecule has 0 saturated heterocycles. The first-order valence-corrected chi connectivity index (χ1v) is 5.24. The second kappa shape index (κ2) is 5.07. The molecule has 0 bridgehead atoms. The first-order chi connectivity index (χ1) is 7.47. The van der Waals surface area contributed by atoms with E-state index in [0.717, 1.165) is 5.69 Å². The molecule has 0 saturated carbocycles. The molecule has 0 spiro atoms. The Balaban J connectivity index is 2.66. The number of methoxy groups -OCH3 is 1. The number of amides is 1. The number of nitrogens with one attached hydrogen (secondary N) is 1. The van der Waals surface area contributed by atoms with Crippen molar-refractivity contribution in [2.45, 2.75) is 32.4 Å². The highest BCUT2D eigenvalue weighted by atomic mass is 16.5. The summed E-state index contributed by atoms with van der Waals surface area (Å²) in [4.78, 5) is 16.0. The molecule has 0 aliphatic heterocycles. The van der Waals surface area contributed by atoms with E-state index in [0.29, 0.717) is 0 Å². The van der Waals surface area contributed by atoms with Crippen molar-refractivity contribution in [3.63, 3.8) is 0 Å². The summed E-state index contributed by atoms with van der Waals surface area (Å²) >= 11 is 0. The summed E-state index contributed by atoms with van der Waals surface area (Å²) in [6.45, 7) is 5.35. The summed E-state index contributed by atoms with van der Waals surface area (Å²) in [6, 6.07) is 5.50. The monoisotopic (exact) mass is 222 g/mol. The van der Waals surface area contributed by atoms with E-state index in [9.17, 15) is 4.79 Å². The molecule has 16 heavy (non-hydrogen) atoms. The van der Waals surface area contributed by atoms with Crippen LogP contribution in [0.1, 0.15) is 32.5 Å². The lowest BCUT2D eigenvalue weighted by Crippen LogP contribution is -2.44. The molecule has 1 amide bonds. The quantitative estimate of drug-likeness (QED) is 0.843. The van der Waals surface area contributed by atoms with Gasteiger partial charge in [-0.15, -0.1) is 0 Å². The van der Waals surface area contributed by atoms with Crippen LogP contribution in [0.5, 0.6) is 0 Å². The van der Waals surface area contributed by atoms with Crippen molar-refractivity contribution in [1.82, 2.24) is 10.3 Å². The summed E-state index contributed by atoms with van der Waals surface area (Å²) in [6.07, 6.45) is 1.71. The molecule has 1 rings (SSSR count). The van der Waals surface area contributed by atoms with Crippen LogP contribution in [0.4, 0.5) is 0 Å². The normalized spacial score (nSPS) is 13.2. The largest absolute Gasteiger partial charge is 0.369 e. The maximum Gasteiger partial charge on any atom is 0.252 e. The summed E-state index contributed by atoms with van der Waals surface area (Å²) in [5.41, 5.74) is 0.0195. The maximum absolute atomic E-state index is 11.8.